The van der Waals surface area contributed by atoms with E-state index in [1.165, 1.54) is 0 Å². The van der Waals surface area contributed by atoms with E-state index in [9.17, 15) is 10.1 Å². The van der Waals surface area contributed by atoms with E-state index in [2.05, 4.69) is 0 Å². The van der Waals surface area contributed by atoms with Gasteiger partial charge in [0.15, 0.2) is 0 Å². The van der Waals surface area contributed by atoms with Crippen molar-refractivity contribution in [2.24, 2.45) is 5.73 Å². The second-order valence-corrected chi connectivity index (χ2v) is 5.04. The van der Waals surface area contributed by atoms with Gasteiger partial charge in [-0.2, -0.15) is 5.26 Å². The molecule has 0 aliphatic carbocycles. The number of rotatable bonds is 3. The predicted octanol–water partition coefficient (Wildman–Crippen LogP) is 2.98. The summed E-state index contributed by atoms with van der Waals surface area (Å²) in [5.74, 6) is -0.977. The van der Waals surface area contributed by atoms with Gasteiger partial charge in [0, 0.05) is 5.02 Å². The van der Waals surface area contributed by atoms with Gasteiger partial charge in [-0.25, -0.2) is 4.79 Å². The molecule has 1 aromatic carbocycles. The molecule has 1 aliphatic rings. The van der Waals surface area contributed by atoms with Gasteiger partial charge in [0.25, 0.3) is 0 Å². The zero-order valence-corrected chi connectivity index (χ0v) is 13.0. The van der Waals surface area contributed by atoms with Crippen molar-refractivity contribution in [1.82, 2.24) is 0 Å². The molecule has 0 radical (unpaired) electrons. The highest BCUT2D eigenvalue weighted by molar-refractivity contribution is 6.31. The minimum atomic E-state index is -0.702. The molecule has 6 heteroatoms. The zero-order valence-electron chi connectivity index (χ0n) is 12.2. The highest BCUT2D eigenvalue weighted by Gasteiger charge is 2.37. The van der Waals surface area contributed by atoms with Crippen molar-refractivity contribution in [3.8, 4) is 6.07 Å². The monoisotopic (exact) mass is 318 g/mol. The number of nitriles is 1. The van der Waals surface area contributed by atoms with E-state index in [1.807, 2.05) is 6.07 Å². The summed E-state index contributed by atoms with van der Waals surface area (Å²) in [6.07, 6.45) is 0. The van der Waals surface area contributed by atoms with E-state index < -0.39 is 11.9 Å². The molecule has 1 atom stereocenters. The van der Waals surface area contributed by atoms with E-state index in [1.54, 1.807) is 38.1 Å². The van der Waals surface area contributed by atoms with Crippen molar-refractivity contribution in [2.45, 2.75) is 19.8 Å². The first-order valence-electron chi connectivity index (χ1n) is 6.71. The van der Waals surface area contributed by atoms with Crippen LogP contribution in [0.5, 0.6) is 0 Å². The molecule has 1 heterocycles. The first-order chi connectivity index (χ1) is 10.5. The van der Waals surface area contributed by atoms with Crippen LogP contribution in [0.4, 0.5) is 0 Å². The number of carbonyl (C=O) groups excluding carboxylic acids is 1. The fourth-order valence-electron chi connectivity index (χ4n) is 2.38. The Balaban J connectivity index is 2.65. The van der Waals surface area contributed by atoms with Gasteiger partial charge < -0.3 is 15.2 Å². The lowest BCUT2D eigenvalue weighted by Crippen LogP contribution is -2.25. The summed E-state index contributed by atoms with van der Waals surface area (Å²) < 4.78 is 10.4. The average molecular weight is 319 g/mol. The normalized spacial score (nSPS) is 17.8. The first-order valence-corrected chi connectivity index (χ1v) is 7.08. The molecule has 0 amide bonds. The molecule has 5 nitrogen and oxygen atoms in total. The highest BCUT2D eigenvalue weighted by atomic mass is 35.5. The Labute approximate surface area is 133 Å². The predicted molar refractivity (Wildman–Crippen MR) is 81.4 cm³/mol. The summed E-state index contributed by atoms with van der Waals surface area (Å²) in [4.78, 5) is 12.3. The summed E-state index contributed by atoms with van der Waals surface area (Å²) in [6.45, 7) is 3.53. The van der Waals surface area contributed by atoms with Crippen LogP contribution in [0.15, 0.2) is 47.1 Å². The maximum absolute atomic E-state index is 12.3. The Bertz CT molecular complexity index is 716. The number of halogens is 1. The minimum Gasteiger partial charge on any atom is -0.463 e. The van der Waals surface area contributed by atoms with E-state index in [0.717, 1.165) is 0 Å². The lowest BCUT2D eigenvalue weighted by molar-refractivity contribution is -0.139. The second-order valence-electron chi connectivity index (χ2n) is 4.64. The molecule has 114 valence electrons. The summed E-state index contributed by atoms with van der Waals surface area (Å²) in [5.41, 5.74) is 6.78. The fourth-order valence-corrected chi connectivity index (χ4v) is 2.62. The summed E-state index contributed by atoms with van der Waals surface area (Å²) in [6, 6.07) is 8.99. The Kier molecular flexibility index (Phi) is 4.74. The summed E-state index contributed by atoms with van der Waals surface area (Å²) in [7, 11) is 0. The Morgan fingerprint density at radius 3 is 2.77 bits per heavy atom. The Hall–Kier alpha value is -2.45. The van der Waals surface area contributed by atoms with Crippen molar-refractivity contribution in [1.29, 1.82) is 5.26 Å². The van der Waals surface area contributed by atoms with Gasteiger partial charge in [0.2, 0.25) is 5.88 Å². The molecule has 0 saturated heterocycles. The van der Waals surface area contributed by atoms with Crippen LogP contribution in [0.25, 0.3) is 0 Å². The third-order valence-electron chi connectivity index (χ3n) is 3.32. The Morgan fingerprint density at radius 2 is 2.18 bits per heavy atom. The fraction of sp³-hybridized carbons (Fsp3) is 0.250. The zero-order chi connectivity index (χ0) is 16.3. The quantitative estimate of drug-likeness (QED) is 0.866. The minimum absolute atomic E-state index is 0.0297. The molecule has 0 spiro atoms. The summed E-state index contributed by atoms with van der Waals surface area (Å²) >= 11 is 6.23. The van der Waals surface area contributed by atoms with Gasteiger partial charge in [0.1, 0.15) is 17.4 Å². The van der Waals surface area contributed by atoms with Gasteiger partial charge in [0.05, 0.1) is 18.1 Å². The van der Waals surface area contributed by atoms with E-state index in [4.69, 9.17) is 26.8 Å². The summed E-state index contributed by atoms with van der Waals surface area (Å²) in [5, 5.41) is 9.85. The van der Waals surface area contributed by atoms with Crippen LogP contribution in [0.3, 0.4) is 0 Å². The number of benzene rings is 1. The number of nitrogens with zero attached hydrogens (tertiary/aromatic N) is 1. The molecule has 1 aliphatic heterocycles. The number of carbonyl (C=O) groups is 1. The molecule has 2 N–H and O–H groups in total. The van der Waals surface area contributed by atoms with Crippen molar-refractivity contribution < 1.29 is 14.3 Å². The molecule has 2 rings (SSSR count). The smallest absolute Gasteiger partial charge is 0.338 e. The number of ether oxygens (including phenoxy) is 2. The van der Waals surface area contributed by atoms with Gasteiger partial charge in [-0.05, 0) is 25.5 Å². The lowest BCUT2D eigenvalue weighted by Gasteiger charge is -2.27. The maximum Gasteiger partial charge on any atom is 0.338 e. The van der Waals surface area contributed by atoms with Crippen LogP contribution in [-0.4, -0.2) is 12.6 Å². The highest BCUT2D eigenvalue weighted by Crippen LogP contribution is 2.41. The number of allylic oxidation sites excluding steroid dienone is 2. The molecular weight excluding hydrogens is 304 g/mol. The van der Waals surface area contributed by atoms with Crippen LogP contribution in [0.1, 0.15) is 25.3 Å². The van der Waals surface area contributed by atoms with Gasteiger partial charge in [-0.15, -0.1) is 0 Å². The number of hydrogen-bond acceptors (Lipinski definition) is 5. The van der Waals surface area contributed by atoms with Crippen LogP contribution >= 0.6 is 11.6 Å². The van der Waals surface area contributed by atoms with Gasteiger partial charge in [-0.1, -0.05) is 29.8 Å². The topological polar surface area (TPSA) is 85.3 Å². The molecule has 0 saturated carbocycles. The molecule has 0 bridgehead atoms. The SMILES string of the molecule is CCOC(=O)C1=C(C)OC(N)=C(C#N)[C@H]1c1ccccc1Cl. The molecular formula is C16H15ClN2O3. The van der Waals surface area contributed by atoms with Crippen molar-refractivity contribution in [3.63, 3.8) is 0 Å². The average Bonchev–Trinajstić information content (AvgIpc) is 2.47. The van der Waals surface area contributed by atoms with Crippen LogP contribution < -0.4 is 5.73 Å². The third kappa shape index (κ3) is 2.78. The van der Waals surface area contributed by atoms with Crippen molar-refractivity contribution in [2.75, 3.05) is 6.61 Å². The maximum atomic E-state index is 12.3. The van der Waals surface area contributed by atoms with E-state index in [0.29, 0.717) is 16.3 Å². The number of esters is 1. The third-order valence-corrected chi connectivity index (χ3v) is 3.66. The second kappa shape index (κ2) is 6.54. The Morgan fingerprint density at radius 1 is 1.50 bits per heavy atom. The molecule has 1 aromatic rings. The van der Waals surface area contributed by atoms with Crippen molar-refractivity contribution in [3.05, 3.63) is 57.6 Å². The van der Waals surface area contributed by atoms with Crippen LogP contribution in [0, 0.1) is 11.3 Å². The molecule has 22 heavy (non-hydrogen) atoms. The lowest BCUT2D eigenvalue weighted by atomic mass is 9.83. The van der Waals surface area contributed by atoms with E-state index >= 15 is 0 Å². The molecule has 0 unspecified atom stereocenters. The van der Waals surface area contributed by atoms with Gasteiger partial charge in [-0.3, -0.25) is 0 Å². The number of hydrogen-bond donors (Lipinski definition) is 1. The standard InChI is InChI=1S/C16H15ClN2O3/c1-3-21-16(20)13-9(2)22-15(19)11(8-18)14(13)10-6-4-5-7-12(10)17/h4-7,14H,3,19H2,1-2H3/t14-/m1/s1. The van der Waals surface area contributed by atoms with Crippen LogP contribution in [-0.2, 0) is 14.3 Å². The first kappa shape index (κ1) is 15.9. The number of nitrogens with two attached hydrogens (primary N) is 1. The van der Waals surface area contributed by atoms with Crippen molar-refractivity contribution >= 4 is 17.6 Å². The molecule has 0 aromatic heterocycles. The van der Waals surface area contributed by atoms with E-state index in [-0.39, 0.29) is 23.6 Å². The molecule has 0 fully saturated rings. The van der Waals surface area contributed by atoms with Crippen LogP contribution in [0.2, 0.25) is 5.02 Å². The van der Waals surface area contributed by atoms with Gasteiger partial charge >= 0.3 is 5.97 Å². The largest absolute Gasteiger partial charge is 0.463 e.